The van der Waals surface area contributed by atoms with Crippen LogP contribution in [0.4, 0.5) is 13.2 Å². The van der Waals surface area contributed by atoms with Gasteiger partial charge in [0.15, 0.2) is 0 Å². The fraction of sp³-hybridized carbons (Fsp3) is 0.214. The maximum absolute atomic E-state index is 13.4. The molecule has 51 heavy (non-hydrogen) atoms. The van der Waals surface area contributed by atoms with Gasteiger partial charge in [-0.2, -0.15) is 0 Å². The van der Waals surface area contributed by atoms with Crippen LogP contribution >= 0.6 is 0 Å². The second kappa shape index (κ2) is 16.2. The van der Waals surface area contributed by atoms with E-state index in [1.165, 1.54) is 36.4 Å². The van der Waals surface area contributed by atoms with Crippen molar-refractivity contribution < 1.29 is 27.4 Å². The van der Waals surface area contributed by atoms with Crippen molar-refractivity contribution in [3.8, 4) is 33.8 Å². The van der Waals surface area contributed by atoms with Crippen LogP contribution in [0.15, 0.2) is 128 Å². The molecular formula is C42H36F3N3O3. The van der Waals surface area contributed by atoms with Gasteiger partial charge in [0.05, 0.1) is 55.2 Å². The van der Waals surface area contributed by atoms with Gasteiger partial charge in [-0.25, -0.2) is 13.2 Å². The molecule has 0 spiro atoms. The third-order valence-electron chi connectivity index (χ3n) is 8.93. The van der Waals surface area contributed by atoms with Gasteiger partial charge in [-0.05, 0) is 127 Å². The van der Waals surface area contributed by atoms with Crippen LogP contribution in [0.2, 0.25) is 0 Å². The zero-order chi connectivity index (χ0) is 35.0. The van der Waals surface area contributed by atoms with Crippen molar-refractivity contribution in [2.45, 2.75) is 57.4 Å². The van der Waals surface area contributed by atoms with Crippen LogP contribution in [0, 0.1) is 17.5 Å². The monoisotopic (exact) mass is 687 g/mol. The van der Waals surface area contributed by atoms with Gasteiger partial charge in [0.25, 0.3) is 0 Å². The van der Waals surface area contributed by atoms with E-state index in [2.05, 4.69) is 15.0 Å². The van der Waals surface area contributed by atoms with E-state index in [4.69, 9.17) is 14.2 Å². The van der Waals surface area contributed by atoms with Gasteiger partial charge < -0.3 is 14.2 Å². The molecule has 3 aromatic carbocycles. The predicted molar refractivity (Wildman–Crippen MR) is 188 cm³/mol. The molecule has 0 aliphatic heterocycles. The highest BCUT2D eigenvalue weighted by Crippen LogP contribution is 2.29. The Bertz CT molecular complexity index is 1750. The molecule has 7 rings (SSSR count). The molecule has 0 N–H and O–H groups in total. The van der Waals surface area contributed by atoms with Crippen LogP contribution in [0.25, 0.3) is 33.8 Å². The summed E-state index contributed by atoms with van der Waals surface area (Å²) in [5.41, 5.74) is 7.62. The number of pyridine rings is 3. The number of aromatic nitrogens is 3. The third-order valence-corrected chi connectivity index (χ3v) is 8.93. The molecule has 3 heterocycles. The van der Waals surface area contributed by atoms with Crippen LogP contribution in [-0.2, 0) is 34.0 Å². The Hall–Kier alpha value is -5.22. The Labute approximate surface area is 294 Å². The minimum atomic E-state index is -0.284. The lowest BCUT2D eigenvalue weighted by Gasteiger charge is -2.34. The van der Waals surface area contributed by atoms with E-state index in [9.17, 15) is 13.2 Å². The molecule has 0 unspecified atom stereocenters. The summed E-state index contributed by atoms with van der Waals surface area (Å²) in [6, 6.07) is 30.5. The number of hydrogen-bond acceptors (Lipinski definition) is 6. The van der Waals surface area contributed by atoms with Crippen LogP contribution in [0.5, 0.6) is 0 Å². The van der Waals surface area contributed by atoms with Gasteiger partial charge in [-0.3, -0.25) is 15.0 Å². The van der Waals surface area contributed by atoms with Gasteiger partial charge in [-0.1, -0.05) is 18.2 Å². The summed E-state index contributed by atoms with van der Waals surface area (Å²) in [5.74, 6) is -0.851. The van der Waals surface area contributed by atoms with Crippen molar-refractivity contribution in [3.05, 3.63) is 162 Å². The first-order valence-corrected chi connectivity index (χ1v) is 16.9. The molecule has 1 aliphatic carbocycles. The quantitative estimate of drug-likeness (QED) is 0.128. The number of halogens is 3. The van der Waals surface area contributed by atoms with E-state index >= 15 is 0 Å². The second-order valence-corrected chi connectivity index (χ2v) is 12.7. The zero-order valence-corrected chi connectivity index (χ0v) is 27.8. The summed E-state index contributed by atoms with van der Waals surface area (Å²) >= 11 is 0. The fourth-order valence-corrected chi connectivity index (χ4v) is 6.12. The van der Waals surface area contributed by atoms with Crippen LogP contribution in [0.3, 0.4) is 0 Å². The number of nitrogens with zero attached hydrogens (tertiary/aromatic N) is 3. The van der Waals surface area contributed by atoms with E-state index in [0.717, 1.165) is 50.5 Å². The standard InChI is InChI=1S/C42H36F3N3O3/c43-34-10-4-31(5-11-34)40-16-1-28(22-46-40)25-49-37-19-38(50-26-29-2-17-41(47-23-29)32-6-12-35(44)13-7-32)21-39(20-37)51-27-30-3-18-42(48-24-30)33-8-14-36(45)15-9-33/h1-18,22-24,37-39H,19-21,25-27H2. The molecule has 0 radical (unpaired) electrons. The molecule has 0 bridgehead atoms. The lowest BCUT2D eigenvalue weighted by atomic mass is 9.92. The third kappa shape index (κ3) is 9.32. The molecule has 3 aromatic heterocycles. The molecule has 258 valence electrons. The minimum Gasteiger partial charge on any atom is -0.373 e. The maximum atomic E-state index is 13.4. The molecule has 1 fully saturated rings. The lowest BCUT2D eigenvalue weighted by Crippen LogP contribution is -2.37. The highest BCUT2D eigenvalue weighted by atomic mass is 19.1. The summed E-state index contributed by atoms with van der Waals surface area (Å²) in [6.45, 7) is 1.14. The average molecular weight is 688 g/mol. The van der Waals surface area contributed by atoms with E-state index in [1.54, 1.807) is 55.0 Å². The van der Waals surface area contributed by atoms with Gasteiger partial charge in [0.2, 0.25) is 0 Å². The summed E-state index contributed by atoms with van der Waals surface area (Å²) in [5, 5.41) is 0. The highest BCUT2D eigenvalue weighted by Gasteiger charge is 2.31. The molecule has 1 saturated carbocycles. The van der Waals surface area contributed by atoms with Gasteiger partial charge in [-0.15, -0.1) is 0 Å². The molecule has 6 nitrogen and oxygen atoms in total. The SMILES string of the molecule is Fc1ccc(-c2ccc(COC3CC(OCc4ccc(-c5ccc(F)cc5)nc4)CC(OCc4ccc(-c5ccc(F)cc5)nc4)C3)cn2)cc1. The molecule has 0 saturated heterocycles. The summed E-state index contributed by atoms with van der Waals surface area (Å²) in [6.07, 6.45) is 7.15. The smallest absolute Gasteiger partial charge is 0.123 e. The fourth-order valence-electron chi connectivity index (χ4n) is 6.12. The number of rotatable bonds is 12. The summed E-state index contributed by atoms with van der Waals surface area (Å²) in [7, 11) is 0. The van der Waals surface area contributed by atoms with Crippen molar-refractivity contribution in [1.82, 2.24) is 15.0 Å². The number of ether oxygens (including phenoxy) is 3. The van der Waals surface area contributed by atoms with Gasteiger partial charge >= 0.3 is 0 Å². The van der Waals surface area contributed by atoms with Gasteiger partial charge in [0.1, 0.15) is 17.5 Å². The van der Waals surface area contributed by atoms with E-state index in [-0.39, 0.29) is 35.8 Å². The molecular weight excluding hydrogens is 651 g/mol. The molecule has 1 aliphatic rings. The largest absolute Gasteiger partial charge is 0.373 e. The maximum Gasteiger partial charge on any atom is 0.123 e. The second-order valence-electron chi connectivity index (χ2n) is 12.7. The number of benzene rings is 3. The molecule has 0 amide bonds. The van der Waals surface area contributed by atoms with E-state index in [1.807, 2.05) is 36.4 Å². The Morgan fingerprint density at radius 1 is 0.392 bits per heavy atom. The topological polar surface area (TPSA) is 66.4 Å². The zero-order valence-electron chi connectivity index (χ0n) is 27.8. The molecule has 6 aromatic rings. The molecule has 9 heteroatoms. The van der Waals surface area contributed by atoms with E-state index in [0.29, 0.717) is 39.1 Å². The number of hydrogen-bond donors (Lipinski definition) is 0. The van der Waals surface area contributed by atoms with E-state index < -0.39 is 0 Å². The first-order chi connectivity index (χ1) is 24.9. The lowest BCUT2D eigenvalue weighted by molar-refractivity contribution is -0.111. The van der Waals surface area contributed by atoms with Crippen molar-refractivity contribution >= 4 is 0 Å². The Kier molecular flexibility index (Phi) is 10.9. The first-order valence-electron chi connectivity index (χ1n) is 16.9. The Morgan fingerprint density at radius 2 is 0.667 bits per heavy atom. The van der Waals surface area contributed by atoms with Crippen LogP contribution in [-0.4, -0.2) is 33.3 Å². The first kappa shape index (κ1) is 34.2. The highest BCUT2D eigenvalue weighted by molar-refractivity contribution is 5.60. The average Bonchev–Trinajstić information content (AvgIpc) is 3.17. The van der Waals surface area contributed by atoms with Gasteiger partial charge in [0, 0.05) is 35.3 Å². The summed E-state index contributed by atoms with van der Waals surface area (Å²) in [4.78, 5) is 13.7. The van der Waals surface area contributed by atoms with Crippen LogP contribution < -0.4 is 0 Å². The van der Waals surface area contributed by atoms with Crippen molar-refractivity contribution in [3.63, 3.8) is 0 Å². The minimum absolute atomic E-state index is 0.108. The Balaban J connectivity index is 0.982. The normalized spacial score (nSPS) is 17.4. The summed E-state index contributed by atoms with van der Waals surface area (Å²) < 4.78 is 59.3. The van der Waals surface area contributed by atoms with Crippen molar-refractivity contribution in [1.29, 1.82) is 0 Å². The predicted octanol–water partition coefficient (Wildman–Crippen LogP) is 9.53. The Morgan fingerprint density at radius 3 is 0.902 bits per heavy atom. The van der Waals surface area contributed by atoms with Crippen molar-refractivity contribution in [2.24, 2.45) is 0 Å². The van der Waals surface area contributed by atoms with Crippen LogP contribution in [0.1, 0.15) is 36.0 Å². The van der Waals surface area contributed by atoms with Crippen molar-refractivity contribution in [2.75, 3.05) is 0 Å². The molecule has 0 atom stereocenters.